The zero-order valence-electron chi connectivity index (χ0n) is 13.7. The molecule has 1 heteroatoms. The van der Waals surface area contributed by atoms with E-state index in [0.717, 1.165) is 13.0 Å². The number of rotatable bonds is 6. The molecule has 0 amide bonds. The largest absolute Gasteiger partial charge is 0.310 e. The van der Waals surface area contributed by atoms with Crippen LogP contribution >= 0.6 is 0 Å². The summed E-state index contributed by atoms with van der Waals surface area (Å²) in [4.78, 5) is 0. The van der Waals surface area contributed by atoms with E-state index in [1.165, 1.54) is 22.3 Å². The number of aryl methyl sites for hydroxylation is 1. The van der Waals surface area contributed by atoms with Crippen LogP contribution in [0.15, 0.2) is 48.5 Å². The first kappa shape index (κ1) is 15.8. The summed E-state index contributed by atoms with van der Waals surface area (Å²) in [5.41, 5.74) is 5.59. The van der Waals surface area contributed by atoms with Gasteiger partial charge in [-0.3, -0.25) is 0 Å². The molecule has 0 saturated carbocycles. The highest BCUT2D eigenvalue weighted by Crippen LogP contribution is 2.18. The Balaban J connectivity index is 1.87. The summed E-state index contributed by atoms with van der Waals surface area (Å²) < 4.78 is 0. The lowest BCUT2D eigenvalue weighted by molar-refractivity contribution is 0.576. The van der Waals surface area contributed by atoms with Crippen LogP contribution in [0.4, 0.5) is 0 Å². The molecule has 0 radical (unpaired) electrons. The molecule has 0 heterocycles. The average Bonchev–Trinajstić information content (AvgIpc) is 2.49. The van der Waals surface area contributed by atoms with E-state index in [0.29, 0.717) is 12.0 Å². The van der Waals surface area contributed by atoms with Crippen LogP contribution in [0.2, 0.25) is 0 Å². The van der Waals surface area contributed by atoms with E-state index in [9.17, 15) is 0 Å². The molecule has 0 aliphatic heterocycles. The molecule has 2 rings (SSSR count). The van der Waals surface area contributed by atoms with Gasteiger partial charge < -0.3 is 5.32 Å². The van der Waals surface area contributed by atoms with E-state index in [1.54, 1.807) is 0 Å². The Morgan fingerprint density at radius 3 is 2.10 bits per heavy atom. The van der Waals surface area contributed by atoms with E-state index < -0.39 is 0 Å². The molecule has 2 aromatic carbocycles. The zero-order valence-corrected chi connectivity index (χ0v) is 13.7. The van der Waals surface area contributed by atoms with Crippen molar-refractivity contribution < 1.29 is 0 Å². The van der Waals surface area contributed by atoms with Crippen molar-refractivity contribution in [2.75, 3.05) is 6.54 Å². The highest BCUT2D eigenvalue weighted by Gasteiger charge is 2.06. The minimum atomic E-state index is 0.398. The molecule has 112 valence electrons. The van der Waals surface area contributed by atoms with Gasteiger partial charge >= 0.3 is 0 Å². The van der Waals surface area contributed by atoms with Crippen LogP contribution in [-0.4, -0.2) is 6.54 Å². The van der Waals surface area contributed by atoms with Crippen molar-refractivity contribution in [1.29, 1.82) is 0 Å². The monoisotopic (exact) mass is 281 g/mol. The molecule has 1 atom stereocenters. The molecule has 0 bridgehead atoms. The van der Waals surface area contributed by atoms with Gasteiger partial charge in [0.1, 0.15) is 0 Å². The van der Waals surface area contributed by atoms with Crippen molar-refractivity contribution in [1.82, 2.24) is 5.32 Å². The van der Waals surface area contributed by atoms with Crippen LogP contribution in [-0.2, 0) is 6.42 Å². The summed E-state index contributed by atoms with van der Waals surface area (Å²) in [5.74, 6) is 0.600. The Morgan fingerprint density at radius 1 is 0.857 bits per heavy atom. The topological polar surface area (TPSA) is 12.0 Å². The van der Waals surface area contributed by atoms with E-state index in [1.807, 2.05) is 0 Å². The molecule has 2 aromatic rings. The predicted octanol–water partition coefficient (Wildman–Crippen LogP) is 5.01. The van der Waals surface area contributed by atoms with E-state index in [4.69, 9.17) is 0 Å². The summed E-state index contributed by atoms with van der Waals surface area (Å²) in [6, 6.07) is 18.0. The maximum atomic E-state index is 3.62. The molecule has 0 fully saturated rings. The Kier molecular flexibility index (Phi) is 5.58. The minimum absolute atomic E-state index is 0.398. The first-order valence-corrected chi connectivity index (χ1v) is 7.95. The molecule has 0 aromatic heterocycles. The van der Waals surface area contributed by atoms with Crippen LogP contribution in [0, 0.1) is 6.92 Å². The molecule has 0 aliphatic carbocycles. The van der Waals surface area contributed by atoms with Crippen LogP contribution in [0.1, 0.15) is 55.0 Å². The molecule has 1 nitrogen and oxygen atoms in total. The van der Waals surface area contributed by atoms with Crippen LogP contribution in [0.5, 0.6) is 0 Å². The number of nitrogens with one attached hydrogen (secondary N) is 1. The highest BCUT2D eigenvalue weighted by atomic mass is 14.9. The predicted molar refractivity (Wildman–Crippen MR) is 91.8 cm³/mol. The first-order valence-electron chi connectivity index (χ1n) is 7.95. The smallest absolute Gasteiger partial charge is 0.0291 e. The Bertz CT molecular complexity index is 554. The Hall–Kier alpha value is -1.60. The lowest BCUT2D eigenvalue weighted by Gasteiger charge is -2.16. The van der Waals surface area contributed by atoms with Gasteiger partial charge in [-0.2, -0.15) is 0 Å². The summed E-state index contributed by atoms with van der Waals surface area (Å²) >= 11 is 0. The van der Waals surface area contributed by atoms with Crippen molar-refractivity contribution in [2.24, 2.45) is 0 Å². The van der Waals surface area contributed by atoms with Gasteiger partial charge in [0, 0.05) is 6.04 Å². The number of hydrogen-bond donors (Lipinski definition) is 1. The lowest BCUT2D eigenvalue weighted by Crippen LogP contribution is -2.21. The van der Waals surface area contributed by atoms with Crippen molar-refractivity contribution in [2.45, 2.75) is 46.1 Å². The second kappa shape index (κ2) is 7.42. The fourth-order valence-electron chi connectivity index (χ4n) is 2.60. The van der Waals surface area contributed by atoms with E-state index in [2.05, 4.69) is 81.5 Å². The maximum Gasteiger partial charge on any atom is 0.0291 e. The van der Waals surface area contributed by atoms with Gasteiger partial charge in [-0.15, -0.1) is 0 Å². The molecular formula is C20H27N. The van der Waals surface area contributed by atoms with Crippen molar-refractivity contribution in [3.63, 3.8) is 0 Å². The quantitative estimate of drug-likeness (QED) is 0.784. The van der Waals surface area contributed by atoms with E-state index >= 15 is 0 Å². The summed E-state index contributed by atoms with van der Waals surface area (Å²) in [5, 5.41) is 3.62. The van der Waals surface area contributed by atoms with Gasteiger partial charge in [0.25, 0.3) is 0 Å². The van der Waals surface area contributed by atoms with Gasteiger partial charge in [0.2, 0.25) is 0 Å². The fraction of sp³-hybridized carbons (Fsp3) is 0.400. The molecule has 21 heavy (non-hydrogen) atoms. The molecule has 0 saturated heterocycles. The maximum absolute atomic E-state index is 3.62. The van der Waals surface area contributed by atoms with Gasteiger partial charge in [-0.25, -0.2) is 0 Å². The number of hydrogen-bond acceptors (Lipinski definition) is 1. The van der Waals surface area contributed by atoms with Gasteiger partial charge in [0.05, 0.1) is 0 Å². The molecule has 1 unspecified atom stereocenters. The fourth-order valence-corrected chi connectivity index (χ4v) is 2.60. The third-order valence-electron chi connectivity index (χ3n) is 4.21. The zero-order chi connectivity index (χ0) is 15.2. The minimum Gasteiger partial charge on any atom is -0.310 e. The third kappa shape index (κ3) is 4.44. The summed E-state index contributed by atoms with van der Waals surface area (Å²) in [7, 11) is 0. The normalized spacial score (nSPS) is 12.6. The summed E-state index contributed by atoms with van der Waals surface area (Å²) in [6.45, 7) is 9.90. The summed E-state index contributed by atoms with van der Waals surface area (Å²) in [6.07, 6.45) is 1.08. The standard InChI is InChI=1S/C20H27N/c1-15(2)18-9-11-20(12-10-18)17(4)21-14-13-19-8-6-5-7-16(19)3/h5-12,15,17,21H,13-14H2,1-4H3. The molecule has 1 N–H and O–H groups in total. The van der Waals surface area contributed by atoms with E-state index in [-0.39, 0.29) is 0 Å². The third-order valence-corrected chi connectivity index (χ3v) is 4.21. The lowest BCUT2D eigenvalue weighted by atomic mass is 9.99. The van der Waals surface area contributed by atoms with Crippen molar-refractivity contribution in [3.8, 4) is 0 Å². The Labute approximate surface area is 129 Å². The van der Waals surface area contributed by atoms with Gasteiger partial charge in [0.15, 0.2) is 0 Å². The second-order valence-corrected chi connectivity index (χ2v) is 6.17. The van der Waals surface area contributed by atoms with Crippen LogP contribution in [0.25, 0.3) is 0 Å². The average molecular weight is 281 g/mol. The van der Waals surface area contributed by atoms with Crippen LogP contribution < -0.4 is 5.32 Å². The first-order chi connectivity index (χ1) is 10.1. The SMILES string of the molecule is Cc1ccccc1CCNC(C)c1ccc(C(C)C)cc1. The van der Waals surface area contributed by atoms with Crippen molar-refractivity contribution >= 4 is 0 Å². The highest BCUT2D eigenvalue weighted by molar-refractivity contribution is 5.27. The Morgan fingerprint density at radius 2 is 1.48 bits per heavy atom. The van der Waals surface area contributed by atoms with Crippen LogP contribution in [0.3, 0.4) is 0 Å². The van der Waals surface area contributed by atoms with Crippen molar-refractivity contribution in [3.05, 3.63) is 70.8 Å². The van der Waals surface area contributed by atoms with Gasteiger partial charge in [-0.05, 0) is 55.0 Å². The van der Waals surface area contributed by atoms with Gasteiger partial charge in [-0.1, -0.05) is 62.4 Å². The molecule has 0 spiro atoms. The second-order valence-electron chi connectivity index (χ2n) is 6.17. The molecule has 0 aliphatic rings. The number of benzene rings is 2. The molecular weight excluding hydrogens is 254 g/mol.